The lowest BCUT2D eigenvalue weighted by molar-refractivity contribution is 0.169. The molecule has 0 aliphatic heterocycles. The molecule has 2 heteroatoms. The van der Waals surface area contributed by atoms with Crippen molar-refractivity contribution in [1.29, 1.82) is 0 Å². The topological polar surface area (TPSA) is 0 Å². The van der Waals surface area contributed by atoms with E-state index in [2.05, 4.69) is 15.9 Å². The van der Waals surface area contributed by atoms with Crippen LogP contribution < -0.4 is 0 Å². The first-order chi connectivity index (χ1) is 3.84. The first kappa shape index (κ1) is 6.53. The van der Waals surface area contributed by atoms with E-state index in [9.17, 15) is 4.39 Å². The summed E-state index contributed by atoms with van der Waals surface area (Å²) in [4.78, 5) is 0. The molecule has 8 heavy (non-hydrogen) atoms. The minimum atomic E-state index is -0.580. The third-order valence-corrected chi connectivity index (χ3v) is 2.43. The van der Waals surface area contributed by atoms with Gasteiger partial charge in [-0.15, -0.1) is 0 Å². The van der Waals surface area contributed by atoms with Crippen molar-refractivity contribution in [2.45, 2.75) is 25.4 Å². The summed E-state index contributed by atoms with van der Waals surface area (Å²) in [6.07, 6.45) is 2.86. The molecular formula is C6H10BrF. The van der Waals surface area contributed by atoms with Crippen molar-refractivity contribution in [3.05, 3.63) is 0 Å². The molecule has 0 aromatic rings. The standard InChI is InChI=1S/C6H10BrF/c7-4-6(8)5-2-1-3-5/h5-6H,1-4H2. The number of hydrogen-bond acceptors (Lipinski definition) is 0. The lowest BCUT2D eigenvalue weighted by atomic mass is 9.82. The van der Waals surface area contributed by atoms with Crippen LogP contribution in [-0.2, 0) is 0 Å². The van der Waals surface area contributed by atoms with E-state index in [1.165, 1.54) is 6.42 Å². The largest absolute Gasteiger partial charge is 0.246 e. The molecule has 0 N–H and O–H groups in total. The van der Waals surface area contributed by atoms with Crippen LogP contribution in [0.25, 0.3) is 0 Å². The van der Waals surface area contributed by atoms with Gasteiger partial charge in [0.1, 0.15) is 6.17 Å². The zero-order valence-corrected chi connectivity index (χ0v) is 6.33. The lowest BCUT2D eigenvalue weighted by Crippen LogP contribution is -2.23. The van der Waals surface area contributed by atoms with Crippen molar-refractivity contribution in [3.63, 3.8) is 0 Å². The van der Waals surface area contributed by atoms with Gasteiger partial charge in [-0.25, -0.2) is 4.39 Å². The van der Waals surface area contributed by atoms with Crippen molar-refractivity contribution in [1.82, 2.24) is 0 Å². The van der Waals surface area contributed by atoms with Crippen molar-refractivity contribution < 1.29 is 4.39 Å². The van der Waals surface area contributed by atoms with Gasteiger partial charge in [-0.1, -0.05) is 22.4 Å². The second-order valence-electron chi connectivity index (χ2n) is 2.36. The summed E-state index contributed by atoms with van der Waals surface area (Å²) in [5, 5.41) is 0.525. The molecule has 1 rings (SSSR count). The quantitative estimate of drug-likeness (QED) is 0.574. The van der Waals surface area contributed by atoms with E-state index >= 15 is 0 Å². The molecule has 0 aromatic carbocycles. The Morgan fingerprint density at radius 1 is 1.62 bits per heavy atom. The minimum absolute atomic E-state index is 0.384. The maximum Gasteiger partial charge on any atom is 0.113 e. The summed E-state index contributed by atoms with van der Waals surface area (Å²) in [5.74, 6) is 0.384. The molecule has 1 atom stereocenters. The molecule has 0 radical (unpaired) electrons. The average Bonchev–Trinajstić information content (AvgIpc) is 1.62. The highest BCUT2D eigenvalue weighted by molar-refractivity contribution is 9.09. The first-order valence-corrected chi connectivity index (χ1v) is 4.17. The van der Waals surface area contributed by atoms with Gasteiger partial charge in [0.2, 0.25) is 0 Å². The summed E-state index contributed by atoms with van der Waals surface area (Å²) >= 11 is 3.12. The molecule has 1 aliphatic carbocycles. The molecule has 0 bridgehead atoms. The summed E-state index contributed by atoms with van der Waals surface area (Å²) < 4.78 is 12.5. The fourth-order valence-electron chi connectivity index (χ4n) is 0.928. The van der Waals surface area contributed by atoms with Crippen molar-refractivity contribution in [2.24, 2.45) is 5.92 Å². The van der Waals surface area contributed by atoms with Crippen LogP contribution in [0.3, 0.4) is 0 Å². The van der Waals surface area contributed by atoms with Gasteiger partial charge in [-0.05, 0) is 18.8 Å². The third kappa shape index (κ3) is 1.22. The molecule has 1 saturated carbocycles. The van der Waals surface area contributed by atoms with Crippen LogP contribution in [0, 0.1) is 5.92 Å². The van der Waals surface area contributed by atoms with E-state index in [1.54, 1.807) is 0 Å². The van der Waals surface area contributed by atoms with Gasteiger partial charge in [0, 0.05) is 5.33 Å². The van der Waals surface area contributed by atoms with Crippen LogP contribution in [0.5, 0.6) is 0 Å². The Labute approximate surface area is 57.6 Å². The zero-order valence-electron chi connectivity index (χ0n) is 4.74. The molecule has 48 valence electrons. The zero-order chi connectivity index (χ0) is 5.98. The van der Waals surface area contributed by atoms with E-state index in [-0.39, 0.29) is 0 Å². The van der Waals surface area contributed by atoms with Crippen LogP contribution >= 0.6 is 15.9 Å². The molecule has 0 spiro atoms. The lowest BCUT2D eigenvalue weighted by Gasteiger charge is -2.27. The van der Waals surface area contributed by atoms with Gasteiger partial charge in [-0.3, -0.25) is 0 Å². The maximum absolute atomic E-state index is 12.5. The monoisotopic (exact) mass is 180 g/mol. The predicted octanol–water partition coefficient (Wildman–Crippen LogP) is 2.52. The molecule has 0 amide bonds. The van der Waals surface area contributed by atoms with Gasteiger partial charge >= 0.3 is 0 Å². The molecule has 1 aliphatic rings. The Bertz CT molecular complexity index is 68.2. The number of hydrogen-bond donors (Lipinski definition) is 0. The molecule has 0 nitrogen and oxygen atoms in total. The van der Waals surface area contributed by atoms with Gasteiger partial charge in [0.25, 0.3) is 0 Å². The Morgan fingerprint density at radius 2 is 2.25 bits per heavy atom. The van der Waals surface area contributed by atoms with E-state index < -0.39 is 6.17 Å². The Balaban J connectivity index is 2.13. The highest BCUT2D eigenvalue weighted by Crippen LogP contribution is 2.31. The molecule has 1 fully saturated rings. The number of halogens is 2. The van der Waals surface area contributed by atoms with Crippen LogP contribution in [-0.4, -0.2) is 11.5 Å². The van der Waals surface area contributed by atoms with Gasteiger partial charge in [0.15, 0.2) is 0 Å². The number of rotatable bonds is 2. The fourth-order valence-corrected chi connectivity index (χ4v) is 1.46. The van der Waals surface area contributed by atoms with Crippen molar-refractivity contribution in [3.8, 4) is 0 Å². The predicted molar refractivity (Wildman–Crippen MR) is 36.0 cm³/mol. The summed E-state index contributed by atoms with van der Waals surface area (Å²) in [7, 11) is 0. The molecule has 0 saturated heterocycles. The Kier molecular flexibility index (Phi) is 2.29. The SMILES string of the molecule is FC(CBr)C1CCC1. The maximum atomic E-state index is 12.5. The normalized spacial score (nSPS) is 24.8. The fraction of sp³-hybridized carbons (Fsp3) is 1.00. The Morgan fingerprint density at radius 3 is 2.38 bits per heavy atom. The second kappa shape index (κ2) is 2.81. The summed E-state index contributed by atoms with van der Waals surface area (Å²) in [6.45, 7) is 0. The smallest absolute Gasteiger partial charge is 0.113 e. The van der Waals surface area contributed by atoms with E-state index in [1.807, 2.05) is 0 Å². The minimum Gasteiger partial charge on any atom is -0.246 e. The average molecular weight is 181 g/mol. The van der Waals surface area contributed by atoms with Gasteiger partial charge < -0.3 is 0 Å². The van der Waals surface area contributed by atoms with Crippen LogP contribution in [0.15, 0.2) is 0 Å². The van der Waals surface area contributed by atoms with Crippen molar-refractivity contribution >= 4 is 15.9 Å². The molecule has 0 heterocycles. The third-order valence-electron chi connectivity index (χ3n) is 1.81. The Hall–Kier alpha value is 0.410. The summed E-state index contributed by atoms with van der Waals surface area (Å²) in [5.41, 5.74) is 0. The second-order valence-corrected chi connectivity index (χ2v) is 3.01. The van der Waals surface area contributed by atoms with Crippen LogP contribution in [0.2, 0.25) is 0 Å². The summed E-state index contributed by atoms with van der Waals surface area (Å²) in [6, 6.07) is 0. The van der Waals surface area contributed by atoms with E-state index in [0.717, 1.165) is 12.8 Å². The first-order valence-electron chi connectivity index (χ1n) is 3.04. The van der Waals surface area contributed by atoms with Gasteiger partial charge in [-0.2, -0.15) is 0 Å². The van der Waals surface area contributed by atoms with E-state index in [4.69, 9.17) is 0 Å². The van der Waals surface area contributed by atoms with Crippen molar-refractivity contribution in [2.75, 3.05) is 5.33 Å². The van der Waals surface area contributed by atoms with Crippen LogP contribution in [0.1, 0.15) is 19.3 Å². The molecule has 0 aromatic heterocycles. The highest BCUT2D eigenvalue weighted by atomic mass is 79.9. The van der Waals surface area contributed by atoms with Gasteiger partial charge in [0.05, 0.1) is 0 Å². The molecule has 1 unspecified atom stereocenters. The molecular weight excluding hydrogens is 171 g/mol. The highest BCUT2D eigenvalue weighted by Gasteiger charge is 2.25. The number of alkyl halides is 2. The van der Waals surface area contributed by atoms with Crippen LogP contribution in [0.4, 0.5) is 4.39 Å². The van der Waals surface area contributed by atoms with E-state index in [0.29, 0.717) is 11.2 Å².